The highest BCUT2D eigenvalue weighted by Gasteiger charge is 2.14. The molecule has 78 valence electrons. The largest absolute Gasteiger partial charge is 0.388 e. The maximum absolute atomic E-state index is 3.17. The van der Waals surface area contributed by atoms with Crippen LogP contribution in [0.15, 0.2) is 18.2 Å². The number of anilines is 2. The minimum atomic E-state index is 0.193. The zero-order chi connectivity index (χ0) is 10.8. The van der Waals surface area contributed by atoms with Crippen LogP contribution in [0, 0.1) is 0 Å². The Morgan fingerprint density at radius 3 is 1.57 bits per heavy atom. The molecule has 2 nitrogen and oxygen atoms in total. The molecule has 0 aliphatic carbocycles. The Morgan fingerprint density at radius 1 is 0.857 bits per heavy atom. The maximum Gasteiger partial charge on any atom is 0.0361 e. The van der Waals surface area contributed by atoms with E-state index in [2.05, 4.69) is 49.6 Å². The van der Waals surface area contributed by atoms with Gasteiger partial charge in [0, 0.05) is 25.5 Å². The van der Waals surface area contributed by atoms with E-state index in [9.17, 15) is 0 Å². The highest BCUT2D eigenvalue weighted by atomic mass is 14.8. The molecule has 0 unspecified atom stereocenters. The van der Waals surface area contributed by atoms with E-state index in [1.54, 1.807) is 0 Å². The van der Waals surface area contributed by atoms with Crippen LogP contribution in [0.4, 0.5) is 11.4 Å². The van der Waals surface area contributed by atoms with E-state index in [0.717, 1.165) is 11.4 Å². The fraction of sp³-hybridized carbons (Fsp3) is 0.500. The third-order valence-electron chi connectivity index (χ3n) is 2.38. The molecule has 0 amide bonds. The summed E-state index contributed by atoms with van der Waals surface area (Å²) in [5.41, 5.74) is 3.84. The van der Waals surface area contributed by atoms with Gasteiger partial charge in [0.1, 0.15) is 0 Å². The van der Waals surface area contributed by atoms with Gasteiger partial charge in [-0.25, -0.2) is 0 Å². The maximum atomic E-state index is 3.17. The van der Waals surface area contributed by atoms with Gasteiger partial charge in [0.2, 0.25) is 0 Å². The number of nitrogens with one attached hydrogen (secondary N) is 2. The van der Waals surface area contributed by atoms with Gasteiger partial charge in [-0.1, -0.05) is 20.8 Å². The van der Waals surface area contributed by atoms with Crippen LogP contribution in [0.3, 0.4) is 0 Å². The summed E-state index contributed by atoms with van der Waals surface area (Å²) in [6, 6.07) is 6.50. The molecule has 2 heteroatoms. The summed E-state index contributed by atoms with van der Waals surface area (Å²) in [7, 11) is 3.89. The van der Waals surface area contributed by atoms with Gasteiger partial charge in [-0.05, 0) is 29.2 Å². The Morgan fingerprint density at radius 2 is 1.29 bits per heavy atom. The van der Waals surface area contributed by atoms with Crippen molar-refractivity contribution in [2.45, 2.75) is 26.2 Å². The van der Waals surface area contributed by atoms with Crippen LogP contribution in [-0.2, 0) is 5.41 Å². The lowest BCUT2D eigenvalue weighted by molar-refractivity contribution is 0.591. The van der Waals surface area contributed by atoms with Crippen LogP contribution in [0.25, 0.3) is 0 Å². The first-order valence-corrected chi connectivity index (χ1v) is 4.98. The second kappa shape index (κ2) is 3.91. The number of hydrogen-bond acceptors (Lipinski definition) is 2. The van der Waals surface area contributed by atoms with Crippen LogP contribution < -0.4 is 10.6 Å². The minimum Gasteiger partial charge on any atom is -0.388 e. The zero-order valence-corrected chi connectivity index (χ0v) is 9.73. The molecule has 0 radical (unpaired) electrons. The fourth-order valence-electron chi connectivity index (χ4n) is 1.35. The summed E-state index contributed by atoms with van der Waals surface area (Å²) in [6.07, 6.45) is 0. The Labute approximate surface area is 86.7 Å². The van der Waals surface area contributed by atoms with Crippen molar-refractivity contribution in [3.63, 3.8) is 0 Å². The lowest BCUT2D eigenvalue weighted by Gasteiger charge is -2.21. The van der Waals surface area contributed by atoms with Crippen molar-refractivity contribution >= 4 is 11.4 Å². The smallest absolute Gasteiger partial charge is 0.0361 e. The fourth-order valence-corrected chi connectivity index (χ4v) is 1.35. The van der Waals surface area contributed by atoms with Crippen molar-refractivity contribution in [3.05, 3.63) is 23.8 Å². The van der Waals surface area contributed by atoms with E-state index in [1.165, 1.54) is 5.56 Å². The summed E-state index contributed by atoms with van der Waals surface area (Å²) < 4.78 is 0. The molecule has 1 rings (SSSR count). The van der Waals surface area contributed by atoms with Gasteiger partial charge < -0.3 is 10.6 Å². The highest BCUT2D eigenvalue weighted by Crippen LogP contribution is 2.28. The summed E-state index contributed by atoms with van der Waals surface area (Å²) in [6.45, 7) is 6.67. The standard InChI is InChI=1S/C12H20N2/c1-12(2,3)9-6-10(13-4)8-11(7-9)14-5/h6-8,13-14H,1-5H3. The second-order valence-electron chi connectivity index (χ2n) is 4.55. The Balaban J connectivity index is 3.17. The molecular formula is C12H20N2. The first-order chi connectivity index (χ1) is 6.47. The first-order valence-electron chi connectivity index (χ1n) is 4.98. The lowest BCUT2D eigenvalue weighted by Crippen LogP contribution is -2.12. The molecule has 0 heterocycles. The zero-order valence-electron chi connectivity index (χ0n) is 9.73. The Kier molecular flexibility index (Phi) is 3.04. The monoisotopic (exact) mass is 192 g/mol. The van der Waals surface area contributed by atoms with Crippen LogP contribution in [0.5, 0.6) is 0 Å². The van der Waals surface area contributed by atoms with Gasteiger partial charge in [0.25, 0.3) is 0 Å². The molecule has 0 aromatic heterocycles. The van der Waals surface area contributed by atoms with Crippen molar-refractivity contribution < 1.29 is 0 Å². The van der Waals surface area contributed by atoms with E-state index in [4.69, 9.17) is 0 Å². The second-order valence-corrected chi connectivity index (χ2v) is 4.55. The molecule has 1 aromatic carbocycles. The SMILES string of the molecule is CNc1cc(NC)cc(C(C)(C)C)c1. The molecular weight excluding hydrogens is 172 g/mol. The topological polar surface area (TPSA) is 24.1 Å². The quantitative estimate of drug-likeness (QED) is 0.752. The number of hydrogen-bond donors (Lipinski definition) is 2. The normalized spacial score (nSPS) is 11.2. The van der Waals surface area contributed by atoms with Crippen LogP contribution in [0.2, 0.25) is 0 Å². The molecule has 0 bridgehead atoms. The van der Waals surface area contributed by atoms with E-state index in [-0.39, 0.29) is 5.41 Å². The third-order valence-corrected chi connectivity index (χ3v) is 2.38. The van der Waals surface area contributed by atoms with E-state index in [1.807, 2.05) is 14.1 Å². The van der Waals surface area contributed by atoms with E-state index >= 15 is 0 Å². The third kappa shape index (κ3) is 2.41. The molecule has 2 N–H and O–H groups in total. The molecule has 1 aromatic rings. The van der Waals surface area contributed by atoms with Crippen molar-refractivity contribution in [1.82, 2.24) is 0 Å². The molecule has 14 heavy (non-hydrogen) atoms. The van der Waals surface area contributed by atoms with Crippen LogP contribution >= 0.6 is 0 Å². The predicted octanol–water partition coefficient (Wildman–Crippen LogP) is 3.07. The van der Waals surface area contributed by atoms with Gasteiger partial charge in [0.05, 0.1) is 0 Å². The van der Waals surface area contributed by atoms with Crippen LogP contribution in [-0.4, -0.2) is 14.1 Å². The Bertz CT molecular complexity index is 288. The minimum absolute atomic E-state index is 0.193. The van der Waals surface area contributed by atoms with Crippen molar-refractivity contribution in [2.75, 3.05) is 24.7 Å². The highest BCUT2D eigenvalue weighted by molar-refractivity contribution is 5.59. The van der Waals surface area contributed by atoms with Crippen LogP contribution in [0.1, 0.15) is 26.3 Å². The molecule has 0 spiro atoms. The van der Waals surface area contributed by atoms with Gasteiger partial charge in [-0.2, -0.15) is 0 Å². The van der Waals surface area contributed by atoms with Gasteiger partial charge in [0.15, 0.2) is 0 Å². The molecule has 0 aliphatic rings. The summed E-state index contributed by atoms with van der Waals surface area (Å²) in [5.74, 6) is 0. The van der Waals surface area contributed by atoms with E-state index in [0.29, 0.717) is 0 Å². The molecule has 0 saturated carbocycles. The van der Waals surface area contributed by atoms with Crippen molar-refractivity contribution in [3.8, 4) is 0 Å². The lowest BCUT2D eigenvalue weighted by atomic mass is 9.86. The molecule has 0 fully saturated rings. The average Bonchev–Trinajstić information content (AvgIpc) is 2.15. The summed E-state index contributed by atoms with van der Waals surface area (Å²) in [5, 5.41) is 6.35. The van der Waals surface area contributed by atoms with E-state index < -0.39 is 0 Å². The van der Waals surface area contributed by atoms with Gasteiger partial charge in [-0.3, -0.25) is 0 Å². The first kappa shape index (κ1) is 10.9. The summed E-state index contributed by atoms with van der Waals surface area (Å²) >= 11 is 0. The van der Waals surface area contributed by atoms with Gasteiger partial charge >= 0.3 is 0 Å². The summed E-state index contributed by atoms with van der Waals surface area (Å²) in [4.78, 5) is 0. The number of benzene rings is 1. The predicted molar refractivity (Wildman–Crippen MR) is 64.2 cm³/mol. The molecule has 0 saturated heterocycles. The molecule has 0 aliphatic heterocycles. The van der Waals surface area contributed by atoms with Gasteiger partial charge in [-0.15, -0.1) is 0 Å². The molecule has 0 atom stereocenters. The van der Waals surface area contributed by atoms with Crippen molar-refractivity contribution in [2.24, 2.45) is 0 Å². The number of rotatable bonds is 2. The van der Waals surface area contributed by atoms with Crippen molar-refractivity contribution in [1.29, 1.82) is 0 Å². The average molecular weight is 192 g/mol. The Hall–Kier alpha value is -1.18.